The third-order valence-corrected chi connectivity index (χ3v) is 5.95. The molecule has 1 heterocycles. The number of methoxy groups -OCH3 is 1. The summed E-state index contributed by atoms with van der Waals surface area (Å²) >= 11 is 6.34. The van der Waals surface area contributed by atoms with Crippen LogP contribution in [0.3, 0.4) is 0 Å². The standard InChI is InChI=1S/C27H26ClNO5/c1-26(2,3)34-25(31)29-22-13-9-8-12-19(22)21-16-18(28)14-15-20(21)23(29)27(32,24(30)33-4)17-10-6-5-7-11-17/h5-16,23,32H,1-4H3/t23?,27-/m0/s1. The fourth-order valence-corrected chi connectivity index (χ4v) is 4.52. The van der Waals surface area contributed by atoms with Crippen LogP contribution in [0.5, 0.6) is 0 Å². The number of para-hydroxylation sites is 1. The van der Waals surface area contributed by atoms with E-state index in [9.17, 15) is 14.7 Å². The van der Waals surface area contributed by atoms with Gasteiger partial charge in [0, 0.05) is 10.6 Å². The zero-order chi connectivity index (χ0) is 24.7. The monoisotopic (exact) mass is 479 g/mol. The summed E-state index contributed by atoms with van der Waals surface area (Å²) in [5, 5.41) is 12.7. The van der Waals surface area contributed by atoms with Crippen molar-refractivity contribution in [3.63, 3.8) is 0 Å². The highest BCUT2D eigenvalue weighted by Gasteiger charge is 2.55. The van der Waals surface area contributed by atoms with Gasteiger partial charge in [0.15, 0.2) is 0 Å². The second-order valence-electron chi connectivity index (χ2n) is 9.13. The van der Waals surface area contributed by atoms with Gasteiger partial charge < -0.3 is 14.6 Å². The minimum Gasteiger partial charge on any atom is -0.467 e. The van der Waals surface area contributed by atoms with Gasteiger partial charge in [0.2, 0.25) is 5.60 Å². The zero-order valence-corrected chi connectivity index (χ0v) is 20.2. The minimum atomic E-state index is -2.25. The Bertz CT molecular complexity index is 1240. The number of rotatable bonds is 3. The molecule has 0 aliphatic carbocycles. The van der Waals surface area contributed by atoms with Gasteiger partial charge >= 0.3 is 12.1 Å². The molecule has 2 atom stereocenters. The maximum Gasteiger partial charge on any atom is 0.415 e. The van der Waals surface area contributed by atoms with Crippen LogP contribution >= 0.6 is 11.6 Å². The van der Waals surface area contributed by atoms with E-state index in [-0.39, 0.29) is 5.56 Å². The first-order valence-electron chi connectivity index (χ1n) is 10.9. The number of amides is 1. The van der Waals surface area contributed by atoms with E-state index in [1.165, 1.54) is 12.0 Å². The van der Waals surface area contributed by atoms with Gasteiger partial charge in [-0.3, -0.25) is 4.90 Å². The Labute approximate surface area is 203 Å². The summed E-state index contributed by atoms with van der Waals surface area (Å²) in [5.41, 5.74) is -0.342. The molecule has 0 saturated heterocycles. The number of carbonyl (C=O) groups excluding carboxylic acids is 2. The van der Waals surface area contributed by atoms with Crippen LogP contribution in [0.15, 0.2) is 72.8 Å². The lowest BCUT2D eigenvalue weighted by Crippen LogP contribution is -2.54. The van der Waals surface area contributed by atoms with Crippen molar-refractivity contribution in [2.75, 3.05) is 12.0 Å². The molecule has 176 valence electrons. The van der Waals surface area contributed by atoms with E-state index in [1.54, 1.807) is 81.4 Å². The Hall–Kier alpha value is -3.35. The molecule has 0 bridgehead atoms. The van der Waals surface area contributed by atoms with Crippen molar-refractivity contribution in [2.24, 2.45) is 0 Å². The van der Waals surface area contributed by atoms with Crippen molar-refractivity contribution >= 4 is 29.4 Å². The summed E-state index contributed by atoms with van der Waals surface area (Å²) in [7, 11) is 1.20. The summed E-state index contributed by atoms with van der Waals surface area (Å²) in [6.45, 7) is 5.27. The fourth-order valence-electron chi connectivity index (χ4n) is 4.35. The molecule has 7 heteroatoms. The molecule has 1 aliphatic rings. The van der Waals surface area contributed by atoms with Crippen molar-refractivity contribution < 1.29 is 24.2 Å². The number of fused-ring (bicyclic) bond motifs is 3. The molecule has 6 nitrogen and oxygen atoms in total. The number of aliphatic hydroxyl groups is 1. The van der Waals surface area contributed by atoms with E-state index in [1.807, 2.05) is 12.1 Å². The van der Waals surface area contributed by atoms with Crippen molar-refractivity contribution in [2.45, 2.75) is 38.0 Å². The van der Waals surface area contributed by atoms with Crippen LogP contribution in [0.25, 0.3) is 11.1 Å². The number of benzene rings is 3. The third-order valence-electron chi connectivity index (χ3n) is 5.72. The molecule has 3 aromatic rings. The molecule has 0 spiro atoms. The molecule has 1 N–H and O–H groups in total. The van der Waals surface area contributed by atoms with Gasteiger partial charge in [-0.2, -0.15) is 0 Å². The summed E-state index contributed by atoms with van der Waals surface area (Å²) in [4.78, 5) is 28.3. The average molecular weight is 480 g/mol. The normalized spacial score (nSPS) is 16.6. The number of hydrogen-bond donors (Lipinski definition) is 1. The van der Waals surface area contributed by atoms with Crippen LogP contribution in [-0.4, -0.2) is 29.9 Å². The van der Waals surface area contributed by atoms with E-state index in [0.717, 1.165) is 5.56 Å². The van der Waals surface area contributed by atoms with Gasteiger partial charge in [-0.15, -0.1) is 0 Å². The smallest absolute Gasteiger partial charge is 0.415 e. The van der Waals surface area contributed by atoms with Gasteiger partial charge in [-0.05, 0) is 55.7 Å². The maximum absolute atomic E-state index is 13.7. The van der Waals surface area contributed by atoms with Crippen LogP contribution in [0.4, 0.5) is 10.5 Å². The third kappa shape index (κ3) is 4.04. The predicted molar refractivity (Wildman–Crippen MR) is 131 cm³/mol. The van der Waals surface area contributed by atoms with E-state index in [0.29, 0.717) is 21.8 Å². The Balaban J connectivity index is 2.06. The predicted octanol–water partition coefficient (Wildman–Crippen LogP) is 5.86. The van der Waals surface area contributed by atoms with Crippen LogP contribution in [0.2, 0.25) is 5.02 Å². The van der Waals surface area contributed by atoms with Crippen LogP contribution in [0, 0.1) is 0 Å². The number of carbonyl (C=O) groups is 2. The van der Waals surface area contributed by atoms with Crippen molar-refractivity contribution in [3.05, 3.63) is 88.9 Å². The highest BCUT2D eigenvalue weighted by molar-refractivity contribution is 6.31. The maximum atomic E-state index is 13.7. The lowest BCUT2D eigenvalue weighted by Gasteiger charge is -2.45. The van der Waals surface area contributed by atoms with Gasteiger partial charge in [0.05, 0.1) is 12.8 Å². The highest BCUT2D eigenvalue weighted by Crippen LogP contribution is 2.52. The van der Waals surface area contributed by atoms with E-state index < -0.39 is 29.3 Å². The second kappa shape index (κ2) is 8.78. The number of nitrogens with zero attached hydrogens (tertiary/aromatic N) is 1. The Morgan fingerprint density at radius 2 is 1.59 bits per heavy atom. The minimum absolute atomic E-state index is 0.278. The van der Waals surface area contributed by atoms with Crippen molar-refractivity contribution in [3.8, 4) is 11.1 Å². The number of esters is 1. The topological polar surface area (TPSA) is 76.1 Å². The second-order valence-corrected chi connectivity index (χ2v) is 9.56. The van der Waals surface area contributed by atoms with Crippen LogP contribution < -0.4 is 4.90 Å². The Morgan fingerprint density at radius 3 is 2.24 bits per heavy atom. The first-order valence-corrected chi connectivity index (χ1v) is 11.2. The molecule has 0 saturated carbocycles. The molecular weight excluding hydrogens is 454 g/mol. The largest absolute Gasteiger partial charge is 0.467 e. The lowest BCUT2D eigenvalue weighted by atomic mass is 9.76. The van der Waals surface area contributed by atoms with Crippen LogP contribution in [0.1, 0.15) is 37.9 Å². The Kier molecular flexibility index (Phi) is 6.14. The SMILES string of the molecule is COC(=O)[C@](O)(c1ccccc1)C1c2ccc(Cl)cc2-c2ccccc2N1C(=O)OC(C)(C)C. The quantitative estimate of drug-likeness (QED) is 0.476. The summed E-state index contributed by atoms with van der Waals surface area (Å²) < 4.78 is 10.8. The number of hydrogen-bond acceptors (Lipinski definition) is 5. The lowest BCUT2D eigenvalue weighted by molar-refractivity contribution is -0.166. The number of ether oxygens (including phenoxy) is 2. The first-order chi connectivity index (χ1) is 16.1. The molecule has 1 unspecified atom stereocenters. The van der Waals surface area contributed by atoms with Gasteiger partial charge in [0.25, 0.3) is 0 Å². The number of halogens is 1. The first kappa shape index (κ1) is 23.8. The summed E-state index contributed by atoms with van der Waals surface area (Å²) in [5.74, 6) is -0.905. The summed E-state index contributed by atoms with van der Waals surface area (Å²) in [6, 6.07) is 19.6. The molecule has 1 amide bonds. The molecule has 3 aromatic carbocycles. The van der Waals surface area contributed by atoms with Crippen molar-refractivity contribution in [1.82, 2.24) is 0 Å². The fraction of sp³-hybridized carbons (Fsp3) is 0.259. The van der Waals surface area contributed by atoms with Gasteiger partial charge in [-0.25, -0.2) is 9.59 Å². The molecule has 4 rings (SSSR count). The zero-order valence-electron chi connectivity index (χ0n) is 19.4. The molecule has 34 heavy (non-hydrogen) atoms. The van der Waals surface area contributed by atoms with E-state index in [4.69, 9.17) is 21.1 Å². The highest BCUT2D eigenvalue weighted by atomic mass is 35.5. The molecule has 0 radical (unpaired) electrons. The Morgan fingerprint density at radius 1 is 0.941 bits per heavy atom. The van der Waals surface area contributed by atoms with E-state index >= 15 is 0 Å². The summed E-state index contributed by atoms with van der Waals surface area (Å²) in [6.07, 6.45) is -0.705. The molecule has 0 aromatic heterocycles. The average Bonchev–Trinajstić information content (AvgIpc) is 2.81. The molecule has 1 aliphatic heterocycles. The van der Waals surface area contributed by atoms with E-state index in [2.05, 4.69) is 0 Å². The van der Waals surface area contributed by atoms with Gasteiger partial charge in [0.1, 0.15) is 11.6 Å². The number of anilines is 1. The van der Waals surface area contributed by atoms with Crippen LogP contribution in [-0.2, 0) is 19.9 Å². The van der Waals surface area contributed by atoms with Gasteiger partial charge in [-0.1, -0.05) is 66.2 Å². The molecule has 0 fully saturated rings. The van der Waals surface area contributed by atoms with Crippen molar-refractivity contribution in [1.29, 1.82) is 0 Å². The molecular formula is C27H26ClNO5.